The van der Waals surface area contributed by atoms with Crippen LogP contribution in [0.2, 0.25) is 0 Å². The first-order valence-electron chi connectivity index (χ1n) is 10.4. The summed E-state index contributed by atoms with van der Waals surface area (Å²) in [5.74, 6) is 0.924. The number of carbonyl (C=O) groups excluding carboxylic acids is 3. The highest BCUT2D eigenvalue weighted by Gasteiger charge is 2.49. The molecule has 30 heavy (non-hydrogen) atoms. The van der Waals surface area contributed by atoms with Crippen molar-refractivity contribution in [3.63, 3.8) is 0 Å². The number of imide groups is 1. The van der Waals surface area contributed by atoms with E-state index in [4.69, 9.17) is 0 Å². The van der Waals surface area contributed by atoms with E-state index in [9.17, 15) is 14.4 Å². The van der Waals surface area contributed by atoms with Crippen molar-refractivity contribution in [1.29, 1.82) is 0 Å². The quantitative estimate of drug-likeness (QED) is 0.512. The van der Waals surface area contributed by atoms with Gasteiger partial charge in [-0.1, -0.05) is 13.8 Å². The van der Waals surface area contributed by atoms with Gasteiger partial charge in [0.1, 0.15) is 17.7 Å². The summed E-state index contributed by atoms with van der Waals surface area (Å²) in [6, 6.07) is 2.83. The molecule has 0 radical (unpaired) electrons. The molecule has 4 amide bonds. The molecule has 1 saturated heterocycles. The Morgan fingerprint density at radius 1 is 1.17 bits per heavy atom. The molecule has 10 nitrogen and oxygen atoms in total. The number of amidine groups is 1. The Morgan fingerprint density at radius 2 is 1.93 bits per heavy atom. The summed E-state index contributed by atoms with van der Waals surface area (Å²) >= 11 is 0. The van der Waals surface area contributed by atoms with Crippen LogP contribution in [0.5, 0.6) is 0 Å². The average Bonchev–Trinajstić information content (AvgIpc) is 3.17. The summed E-state index contributed by atoms with van der Waals surface area (Å²) in [7, 11) is 0. The number of aliphatic imine (C=N–C) groups is 1. The van der Waals surface area contributed by atoms with Crippen LogP contribution in [-0.4, -0.2) is 76.9 Å². The highest BCUT2D eigenvalue weighted by atomic mass is 16.2. The number of rotatable bonds is 9. The molecule has 0 aliphatic carbocycles. The lowest BCUT2D eigenvalue weighted by molar-refractivity contribution is -0.134. The lowest BCUT2D eigenvalue weighted by Gasteiger charge is -2.40. The van der Waals surface area contributed by atoms with Gasteiger partial charge >= 0.3 is 6.03 Å². The zero-order valence-corrected chi connectivity index (χ0v) is 17.6. The Balaban J connectivity index is 1.71. The summed E-state index contributed by atoms with van der Waals surface area (Å²) in [4.78, 5) is 48.6. The van der Waals surface area contributed by atoms with Gasteiger partial charge in [-0.2, -0.15) is 0 Å². The van der Waals surface area contributed by atoms with Crippen LogP contribution in [0.4, 0.5) is 10.6 Å². The largest absolute Gasteiger partial charge is 0.368 e. The molecule has 3 N–H and O–H groups in total. The monoisotopic (exact) mass is 415 g/mol. The molecule has 10 heteroatoms. The van der Waals surface area contributed by atoms with Crippen molar-refractivity contribution in [1.82, 2.24) is 25.4 Å². The second kappa shape index (κ2) is 9.55. The van der Waals surface area contributed by atoms with E-state index in [0.29, 0.717) is 44.3 Å². The minimum Gasteiger partial charge on any atom is -0.368 e. The Labute approximate surface area is 176 Å². The number of fused-ring (bicyclic) bond motifs is 1. The van der Waals surface area contributed by atoms with Gasteiger partial charge in [-0.05, 0) is 25.0 Å². The highest BCUT2D eigenvalue weighted by Crippen LogP contribution is 2.25. The number of anilines is 1. The molecule has 1 fully saturated rings. The second-order valence-electron chi connectivity index (χ2n) is 7.32. The standard InChI is InChI=1S/C20H29N7O3/c1-4-10-26-18-16(19(29)27(11-5-2)20(26)30)24-17(25-18)14-6-7-15(23-12-14)22-9-8-21-13(3)28/h6-7,12,16,18H,4-5,8-11H2,1-3H3,(H,21,28)(H,22,23)(H,24,25). The topological polar surface area (TPSA) is 119 Å². The smallest absolute Gasteiger partial charge is 0.328 e. The third-order valence-corrected chi connectivity index (χ3v) is 4.93. The van der Waals surface area contributed by atoms with Crippen molar-refractivity contribution in [2.45, 2.75) is 45.8 Å². The van der Waals surface area contributed by atoms with Crippen molar-refractivity contribution in [3.05, 3.63) is 23.9 Å². The van der Waals surface area contributed by atoms with E-state index >= 15 is 0 Å². The van der Waals surface area contributed by atoms with E-state index in [1.807, 2.05) is 26.0 Å². The van der Waals surface area contributed by atoms with E-state index in [-0.39, 0.29) is 17.8 Å². The maximum absolute atomic E-state index is 12.9. The average molecular weight is 415 g/mol. The van der Waals surface area contributed by atoms with Gasteiger partial charge in [0.05, 0.1) is 0 Å². The predicted molar refractivity (Wildman–Crippen MR) is 113 cm³/mol. The predicted octanol–water partition coefficient (Wildman–Crippen LogP) is 0.758. The number of amides is 4. The summed E-state index contributed by atoms with van der Waals surface area (Å²) < 4.78 is 0. The van der Waals surface area contributed by atoms with Gasteiger partial charge in [0, 0.05) is 44.9 Å². The first kappa shape index (κ1) is 21.5. The summed E-state index contributed by atoms with van der Waals surface area (Å²) in [5.41, 5.74) is 0.746. The highest BCUT2D eigenvalue weighted by molar-refractivity contribution is 6.08. The van der Waals surface area contributed by atoms with Crippen LogP contribution < -0.4 is 16.0 Å². The van der Waals surface area contributed by atoms with E-state index in [1.54, 1.807) is 11.1 Å². The molecular formula is C20H29N7O3. The molecule has 1 aromatic rings. The zero-order chi connectivity index (χ0) is 21.7. The maximum Gasteiger partial charge on any atom is 0.328 e. The molecule has 162 valence electrons. The zero-order valence-electron chi connectivity index (χ0n) is 17.6. The molecule has 2 aliphatic heterocycles. The maximum atomic E-state index is 12.9. The fourth-order valence-electron chi connectivity index (χ4n) is 3.56. The number of carbonyl (C=O) groups is 3. The van der Waals surface area contributed by atoms with Crippen LogP contribution in [0.1, 0.15) is 39.2 Å². The fourth-order valence-corrected chi connectivity index (χ4v) is 3.56. The molecule has 1 aromatic heterocycles. The number of aromatic nitrogens is 1. The molecule has 0 bridgehead atoms. The molecular weight excluding hydrogens is 386 g/mol. The van der Waals surface area contributed by atoms with Gasteiger partial charge in [0.25, 0.3) is 5.91 Å². The number of nitrogens with zero attached hydrogens (tertiary/aromatic N) is 4. The lowest BCUT2D eigenvalue weighted by atomic mass is 10.1. The third kappa shape index (κ3) is 4.52. The van der Waals surface area contributed by atoms with Crippen LogP contribution in [0, 0.1) is 0 Å². The molecule has 3 rings (SSSR count). The van der Waals surface area contributed by atoms with Gasteiger partial charge in [-0.25, -0.2) is 14.8 Å². The van der Waals surface area contributed by atoms with Crippen molar-refractivity contribution in [2.24, 2.45) is 4.99 Å². The van der Waals surface area contributed by atoms with Crippen molar-refractivity contribution >= 4 is 29.5 Å². The first-order valence-corrected chi connectivity index (χ1v) is 10.4. The molecule has 0 spiro atoms. The minimum absolute atomic E-state index is 0.0745. The van der Waals surface area contributed by atoms with Crippen LogP contribution in [0.25, 0.3) is 0 Å². The van der Waals surface area contributed by atoms with Gasteiger partial charge in [-0.3, -0.25) is 19.4 Å². The first-order chi connectivity index (χ1) is 14.5. The summed E-state index contributed by atoms with van der Waals surface area (Å²) in [5, 5.41) is 9.03. The van der Waals surface area contributed by atoms with Gasteiger partial charge in [-0.15, -0.1) is 0 Å². The van der Waals surface area contributed by atoms with Gasteiger partial charge in [0.2, 0.25) is 5.91 Å². The fraction of sp³-hybridized carbons (Fsp3) is 0.550. The molecule has 0 aromatic carbocycles. The summed E-state index contributed by atoms with van der Waals surface area (Å²) in [6.07, 6.45) is 2.63. The van der Waals surface area contributed by atoms with Crippen LogP contribution in [0.3, 0.4) is 0 Å². The molecule has 0 saturated carbocycles. The number of pyridine rings is 1. The van der Waals surface area contributed by atoms with Crippen LogP contribution in [-0.2, 0) is 9.59 Å². The van der Waals surface area contributed by atoms with Crippen LogP contribution in [0.15, 0.2) is 23.3 Å². The number of urea groups is 1. The molecule has 3 heterocycles. The Bertz CT molecular complexity index is 824. The van der Waals surface area contributed by atoms with E-state index in [1.165, 1.54) is 11.8 Å². The number of nitrogens with one attached hydrogen (secondary N) is 3. The third-order valence-electron chi connectivity index (χ3n) is 4.93. The van der Waals surface area contributed by atoms with Crippen LogP contribution >= 0.6 is 0 Å². The minimum atomic E-state index is -0.578. The van der Waals surface area contributed by atoms with E-state index in [2.05, 4.69) is 25.9 Å². The lowest BCUT2D eigenvalue weighted by Crippen LogP contribution is -2.65. The number of hydrogen-bond acceptors (Lipinski definition) is 7. The second-order valence-corrected chi connectivity index (χ2v) is 7.32. The van der Waals surface area contributed by atoms with Crippen molar-refractivity contribution in [2.75, 3.05) is 31.5 Å². The molecule has 2 unspecified atom stereocenters. The normalized spacial score (nSPS) is 20.6. The van der Waals surface area contributed by atoms with E-state index in [0.717, 1.165) is 12.0 Å². The summed E-state index contributed by atoms with van der Waals surface area (Å²) in [6.45, 7) is 7.43. The molecule has 2 aliphatic rings. The van der Waals surface area contributed by atoms with Gasteiger partial charge < -0.3 is 16.0 Å². The Morgan fingerprint density at radius 3 is 2.57 bits per heavy atom. The van der Waals surface area contributed by atoms with E-state index < -0.39 is 12.2 Å². The Kier molecular flexibility index (Phi) is 6.86. The SMILES string of the molecule is CCCN1C(=O)C2NC(c3ccc(NCCNC(C)=O)nc3)=NC2N(CCC)C1=O. The molecule has 2 atom stereocenters. The van der Waals surface area contributed by atoms with Gasteiger partial charge in [0.15, 0.2) is 6.17 Å². The van der Waals surface area contributed by atoms with Crippen molar-refractivity contribution < 1.29 is 14.4 Å². The van der Waals surface area contributed by atoms with Crippen molar-refractivity contribution in [3.8, 4) is 0 Å². The Hall–Kier alpha value is -3.17. The number of hydrogen-bond donors (Lipinski definition) is 3.